The minimum atomic E-state index is -0.000394. The molecular formula is C18H18N4O2S. The molecule has 3 aromatic rings. The molecule has 0 radical (unpaired) electrons. The Morgan fingerprint density at radius 1 is 1.32 bits per heavy atom. The van der Waals surface area contributed by atoms with Crippen molar-refractivity contribution in [2.75, 3.05) is 13.1 Å². The summed E-state index contributed by atoms with van der Waals surface area (Å²) >= 11 is 1.47. The van der Waals surface area contributed by atoms with Crippen LogP contribution < -0.4 is 4.74 Å². The Kier molecular flexibility index (Phi) is 4.23. The molecule has 0 N–H and O–H groups in total. The maximum Gasteiger partial charge on any atom is 0.273 e. The number of nitrogens with zero attached hydrogens (tertiary/aromatic N) is 4. The number of hydrogen-bond acceptors (Lipinski definition) is 5. The number of likely N-dealkylation sites (tertiary alicyclic amines) is 1. The smallest absolute Gasteiger partial charge is 0.273 e. The van der Waals surface area contributed by atoms with Gasteiger partial charge in [-0.25, -0.2) is 9.67 Å². The monoisotopic (exact) mass is 354 g/mol. The second kappa shape index (κ2) is 6.68. The van der Waals surface area contributed by atoms with Gasteiger partial charge in [0.1, 0.15) is 6.10 Å². The van der Waals surface area contributed by atoms with Crippen LogP contribution in [0.2, 0.25) is 0 Å². The van der Waals surface area contributed by atoms with Crippen LogP contribution in [0.4, 0.5) is 0 Å². The zero-order valence-electron chi connectivity index (χ0n) is 13.8. The van der Waals surface area contributed by atoms with Gasteiger partial charge in [-0.1, -0.05) is 29.5 Å². The molecule has 1 amide bonds. The SMILES string of the molecule is Cc1c(C(=O)N2CCC(Oc3nccs3)C2)cnn1-c1ccccc1. The van der Waals surface area contributed by atoms with Gasteiger partial charge in [0.05, 0.1) is 29.7 Å². The molecule has 7 heteroatoms. The van der Waals surface area contributed by atoms with Crippen molar-refractivity contribution in [2.45, 2.75) is 19.4 Å². The summed E-state index contributed by atoms with van der Waals surface area (Å²) in [5, 5.41) is 6.93. The van der Waals surface area contributed by atoms with E-state index in [2.05, 4.69) is 10.1 Å². The van der Waals surface area contributed by atoms with E-state index in [0.717, 1.165) is 17.8 Å². The third-order valence-electron chi connectivity index (χ3n) is 4.35. The first kappa shape index (κ1) is 15.8. The molecule has 2 aromatic heterocycles. The van der Waals surface area contributed by atoms with Crippen LogP contribution in [0.1, 0.15) is 22.5 Å². The molecule has 1 aliphatic rings. The second-order valence-electron chi connectivity index (χ2n) is 5.97. The first-order valence-electron chi connectivity index (χ1n) is 8.18. The van der Waals surface area contributed by atoms with E-state index in [9.17, 15) is 4.79 Å². The Balaban J connectivity index is 1.48. The summed E-state index contributed by atoms with van der Waals surface area (Å²) in [5.74, 6) is 0.00456. The van der Waals surface area contributed by atoms with Crippen molar-refractivity contribution < 1.29 is 9.53 Å². The Morgan fingerprint density at radius 3 is 2.92 bits per heavy atom. The molecule has 0 aliphatic carbocycles. The zero-order valence-corrected chi connectivity index (χ0v) is 14.6. The molecule has 1 aromatic carbocycles. The topological polar surface area (TPSA) is 60.3 Å². The van der Waals surface area contributed by atoms with E-state index in [4.69, 9.17) is 4.74 Å². The lowest BCUT2D eigenvalue weighted by atomic mass is 10.2. The van der Waals surface area contributed by atoms with E-state index < -0.39 is 0 Å². The summed E-state index contributed by atoms with van der Waals surface area (Å²) in [6.45, 7) is 3.19. The maximum absolute atomic E-state index is 12.9. The molecule has 3 heterocycles. The molecule has 0 saturated carbocycles. The number of amides is 1. The molecule has 4 rings (SSSR count). The molecule has 1 atom stereocenters. The third kappa shape index (κ3) is 3.15. The van der Waals surface area contributed by atoms with Gasteiger partial charge >= 0.3 is 0 Å². The highest BCUT2D eigenvalue weighted by atomic mass is 32.1. The van der Waals surface area contributed by atoms with Gasteiger partial charge < -0.3 is 9.64 Å². The lowest BCUT2D eigenvalue weighted by Crippen LogP contribution is -2.31. The number of carbonyl (C=O) groups excluding carboxylic acids is 1. The minimum Gasteiger partial charge on any atom is -0.465 e. The summed E-state index contributed by atoms with van der Waals surface area (Å²) in [4.78, 5) is 18.8. The number of thiazole rings is 1. The van der Waals surface area contributed by atoms with Crippen molar-refractivity contribution in [3.05, 3.63) is 59.4 Å². The summed E-state index contributed by atoms with van der Waals surface area (Å²) in [5.41, 5.74) is 2.43. The summed E-state index contributed by atoms with van der Waals surface area (Å²) in [6, 6.07) is 9.82. The number of aromatic nitrogens is 3. The van der Waals surface area contributed by atoms with E-state index in [1.165, 1.54) is 11.3 Å². The minimum absolute atomic E-state index is 0.000394. The van der Waals surface area contributed by atoms with Gasteiger partial charge in [-0.2, -0.15) is 5.10 Å². The molecule has 1 saturated heterocycles. The van der Waals surface area contributed by atoms with Crippen molar-refractivity contribution in [1.29, 1.82) is 0 Å². The fourth-order valence-electron chi connectivity index (χ4n) is 3.04. The zero-order chi connectivity index (χ0) is 17.2. The van der Waals surface area contributed by atoms with E-state index >= 15 is 0 Å². The number of ether oxygens (including phenoxy) is 1. The van der Waals surface area contributed by atoms with Crippen molar-refractivity contribution in [2.24, 2.45) is 0 Å². The molecule has 1 unspecified atom stereocenters. The van der Waals surface area contributed by atoms with Gasteiger partial charge in [0.25, 0.3) is 11.1 Å². The average molecular weight is 354 g/mol. The van der Waals surface area contributed by atoms with Crippen LogP contribution in [0.15, 0.2) is 48.1 Å². The Labute approximate surface area is 149 Å². The van der Waals surface area contributed by atoms with Gasteiger partial charge in [-0.3, -0.25) is 4.79 Å². The molecule has 25 heavy (non-hydrogen) atoms. The highest BCUT2D eigenvalue weighted by Gasteiger charge is 2.30. The first-order valence-corrected chi connectivity index (χ1v) is 9.06. The first-order chi connectivity index (χ1) is 12.2. The highest BCUT2D eigenvalue weighted by molar-refractivity contribution is 7.11. The third-order valence-corrected chi connectivity index (χ3v) is 5.01. The lowest BCUT2D eigenvalue weighted by molar-refractivity contribution is 0.0771. The molecule has 1 fully saturated rings. The van der Waals surface area contributed by atoms with Crippen molar-refractivity contribution in [3.63, 3.8) is 0 Å². The van der Waals surface area contributed by atoms with Crippen LogP contribution in [0, 0.1) is 6.92 Å². The van der Waals surface area contributed by atoms with Gasteiger partial charge in [0.2, 0.25) is 0 Å². The highest BCUT2D eigenvalue weighted by Crippen LogP contribution is 2.23. The number of carbonyl (C=O) groups is 1. The fourth-order valence-corrected chi connectivity index (χ4v) is 3.59. The second-order valence-corrected chi connectivity index (χ2v) is 6.83. The van der Waals surface area contributed by atoms with Crippen LogP contribution in [-0.2, 0) is 0 Å². The molecular weight excluding hydrogens is 336 g/mol. The van der Waals surface area contributed by atoms with Gasteiger partial charge in [0, 0.05) is 24.5 Å². The Bertz CT molecular complexity index is 861. The average Bonchev–Trinajstić information content (AvgIpc) is 3.37. The summed E-state index contributed by atoms with van der Waals surface area (Å²) in [6.07, 6.45) is 4.19. The van der Waals surface area contributed by atoms with E-state index in [1.54, 1.807) is 17.1 Å². The molecule has 0 bridgehead atoms. The maximum atomic E-state index is 12.9. The normalized spacial score (nSPS) is 17.0. The lowest BCUT2D eigenvalue weighted by Gasteiger charge is -2.16. The van der Waals surface area contributed by atoms with E-state index in [1.807, 2.05) is 47.5 Å². The van der Waals surface area contributed by atoms with Crippen molar-refractivity contribution in [3.8, 4) is 10.9 Å². The number of rotatable bonds is 4. The Morgan fingerprint density at radius 2 is 2.16 bits per heavy atom. The molecule has 0 spiro atoms. The van der Waals surface area contributed by atoms with Gasteiger partial charge in [0.15, 0.2) is 0 Å². The Hall–Kier alpha value is -2.67. The summed E-state index contributed by atoms with van der Waals surface area (Å²) in [7, 11) is 0. The fraction of sp³-hybridized carbons (Fsp3) is 0.278. The van der Waals surface area contributed by atoms with Gasteiger partial charge in [-0.15, -0.1) is 0 Å². The number of hydrogen-bond donors (Lipinski definition) is 0. The van der Waals surface area contributed by atoms with Crippen LogP contribution in [0.3, 0.4) is 0 Å². The van der Waals surface area contributed by atoms with Crippen LogP contribution >= 0.6 is 11.3 Å². The van der Waals surface area contributed by atoms with Gasteiger partial charge in [-0.05, 0) is 19.1 Å². The predicted molar refractivity (Wildman–Crippen MR) is 95.4 cm³/mol. The largest absolute Gasteiger partial charge is 0.465 e. The van der Waals surface area contributed by atoms with Crippen molar-refractivity contribution >= 4 is 17.2 Å². The molecule has 128 valence electrons. The van der Waals surface area contributed by atoms with Crippen LogP contribution in [0.25, 0.3) is 5.69 Å². The van der Waals surface area contributed by atoms with Crippen LogP contribution in [0.5, 0.6) is 5.19 Å². The van der Waals surface area contributed by atoms with Crippen LogP contribution in [-0.4, -0.2) is 44.8 Å². The predicted octanol–water partition coefficient (Wildman–Crippen LogP) is 2.93. The summed E-state index contributed by atoms with van der Waals surface area (Å²) < 4.78 is 7.63. The van der Waals surface area contributed by atoms with Crippen molar-refractivity contribution in [1.82, 2.24) is 19.7 Å². The quantitative estimate of drug-likeness (QED) is 0.723. The number of para-hydroxylation sites is 1. The molecule has 6 nitrogen and oxygen atoms in total. The number of benzene rings is 1. The van der Waals surface area contributed by atoms with E-state index in [-0.39, 0.29) is 12.0 Å². The standard InChI is InChI=1S/C18H18N4O2S/c1-13-16(11-20-22(13)14-5-3-2-4-6-14)17(23)21-9-7-15(12-21)24-18-19-8-10-25-18/h2-6,8,10-11,15H,7,9,12H2,1H3. The molecule has 1 aliphatic heterocycles. The van der Waals surface area contributed by atoms with E-state index in [0.29, 0.717) is 23.8 Å².